The highest BCUT2D eigenvalue weighted by atomic mass is 16.2. The van der Waals surface area contributed by atoms with Gasteiger partial charge in [-0.1, -0.05) is 18.2 Å². The third kappa shape index (κ3) is 2.62. The van der Waals surface area contributed by atoms with Crippen molar-refractivity contribution in [2.45, 2.75) is 6.42 Å². The molecule has 1 atom stereocenters. The lowest BCUT2D eigenvalue weighted by Crippen LogP contribution is -2.28. The topological polar surface area (TPSA) is 78.1 Å². The number of rotatable bonds is 3. The summed E-state index contributed by atoms with van der Waals surface area (Å²) in [5.74, 6) is -0.513. The number of aromatic amines is 1. The Morgan fingerprint density at radius 1 is 1.21 bits per heavy atom. The van der Waals surface area contributed by atoms with Crippen LogP contribution < -0.4 is 10.2 Å². The summed E-state index contributed by atoms with van der Waals surface area (Å²) in [4.78, 5) is 33.5. The van der Waals surface area contributed by atoms with Crippen LogP contribution in [0.25, 0.3) is 11.0 Å². The van der Waals surface area contributed by atoms with Crippen molar-refractivity contribution in [2.75, 3.05) is 16.8 Å². The van der Waals surface area contributed by atoms with E-state index < -0.39 is 0 Å². The van der Waals surface area contributed by atoms with Gasteiger partial charge in [0.25, 0.3) is 0 Å². The number of aromatic nitrogens is 2. The van der Waals surface area contributed by atoms with Gasteiger partial charge in [0.15, 0.2) is 0 Å². The molecule has 6 nitrogen and oxygen atoms in total. The van der Waals surface area contributed by atoms with Gasteiger partial charge in [-0.15, -0.1) is 0 Å². The second kappa shape index (κ2) is 5.81. The summed E-state index contributed by atoms with van der Waals surface area (Å²) in [6, 6.07) is 14.9. The molecule has 6 heteroatoms. The highest BCUT2D eigenvalue weighted by molar-refractivity contribution is 6.03. The van der Waals surface area contributed by atoms with Gasteiger partial charge in [-0.05, 0) is 30.3 Å². The van der Waals surface area contributed by atoms with Gasteiger partial charge in [0, 0.05) is 24.3 Å². The molecule has 3 aromatic rings. The molecule has 2 aromatic carbocycles. The van der Waals surface area contributed by atoms with Crippen LogP contribution in [0.1, 0.15) is 6.42 Å². The number of para-hydroxylation sites is 1. The van der Waals surface area contributed by atoms with Crippen molar-refractivity contribution in [3.05, 3.63) is 54.9 Å². The summed E-state index contributed by atoms with van der Waals surface area (Å²) >= 11 is 0. The maximum absolute atomic E-state index is 12.5. The van der Waals surface area contributed by atoms with E-state index in [1.54, 1.807) is 11.2 Å². The summed E-state index contributed by atoms with van der Waals surface area (Å²) in [6.45, 7) is 0.404. The number of nitrogens with zero attached hydrogens (tertiary/aromatic N) is 2. The maximum atomic E-state index is 12.5. The molecule has 0 bridgehead atoms. The molecule has 0 saturated carbocycles. The van der Waals surface area contributed by atoms with E-state index in [1.165, 1.54) is 0 Å². The Morgan fingerprint density at radius 2 is 2.04 bits per heavy atom. The van der Waals surface area contributed by atoms with Gasteiger partial charge in [0.2, 0.25) is 11.8 Å². The molecule has 2 amide bonds. The summed E-state index contributed by atoms with van der Waals surface area (Å²) in [6.07, 6.45) is 1.84. The number of hydrogen-bond donors (Lipinski definition) is 2. The Kier molecular flexibility index (Phi) is 3.49. The first kappa shape index (κ1) is 14.4. The summed E-state index contributed by atoms with van der Waals surface area (Å²) in [5.41, 5.74) is 3.24. The Bertz CT molecular complexity index is 904. The minimum atomic E-state index is -0.352. The molecular formula is C18H16N4O2. The van der Waals surface area contributed by atoms with Crippen molar-refractivity contribution in [1.29, 1.82) is 0 Å². The van der Waals surface area contributed by atoms with Crippen LogP contribution in [-0.4, -0.2) is 28.3 Å². The van der Waals surface area contributed by atoms with Gasteiger partial charge in [-0.2, -0.15) is 0 Å². The minimum absolute atomic E-state index is 0.0228. The molecule has 1 saturated heterocycles. The van der Waals surface area contributed by atoms with Crippen molar-refractivity contribution < 1.29 is 9.59 Å². The zero-order valence-corrected chi connectivity index (χ0v) is 12.9. The van der Waals surface area contributed by atoms with E-state index >= 15 is 0 Å². The Balaban J connectivity index is 1.48. The molecule has 0 aliphatic carbocycles. The Morgan fingerprint density at radius 3 is 2.88 bits per heavy atom. The first-order chi connectivity index (χ1) is 11.7. The number of imidazole rings is 1. The average Bonchev–Trinajstić information content (AvgIpc) is 3.21. The number of benzene rings is 2. The van der Waals surface area contributed by atoms with Crippen molar-refractivity contribution in [3.8, 4) is 0 Å². The van der Waals surface area contributed by atoms with Crippen LogP contribution in [0.2, 0.25) is 0 Å². The van der Waals surface area contributed by atoms with E-state index in [0.29, 0.717) is 12.2 Å². The molecule has 4 rings (SSSR count). The first-order valence-electron chi connectivity index (χ1n) is 7.80. The lowest BCUT2D eigenvalue weighted by molar-refractivity contribution is -0.122. The standard InChI is InChI=1S/C18H16N4O2/c23-17-8-12(10-22(17)14-4-2-1-3-5-14)18(24)21-13-6-7-15-16(9-13)20-11-19-15/h1-7,9,11-12H,8,10H2,(H,19,20)(H,21,24). The smallest absolute Gasteiger partial charge is 0.229 e. The number of amides is 2. The number of hydrogen-bond acceptors (Lipinski definition) is 3. The fraction of sp³-hybridized carbons (Fsp3) is 0.167. The third-order valence-corrected chi connectivity index (χ3v) is 4.25. The predicted molar refractivity (Wildman–Crippen MR) is 91.6 cm³/mol. The zero-order valence-electron chi connectivity index (χ0n) is 12.9. The molecule has 24 heavy (non-hydrogen) atoms. The average molecular weight is 320 g/mol. The molecule has 0 radical (unpaired) electrons. The van der Waals surface area contributed by atoms with E-state index in [-0.39, 0.29) is 24.2 Å². The molecule has 1 aliphatic heterocycles. The fourth-order valence-corrected chi connectivity index (χ4v) is 3.00. The van der Waals surface area contributed by atoms with Gasteiger partial charge < -0.3 is 15.2 Å². The Labute approximate surface area is 138 Å². The van der Waals surface area contributed by atoms with Crippen LogP contribution in [0.5, 0.6) is 0 Å². The monoisotopic (exact) mass is 320 g/mol. The van der Waals surface area contributed by atoms with E-state index in [1.807, 2.05) is 48.5 Å². The Hall–Kier alpha value is -3.15. The number of H-pyrrole nitrogens is 1. The zero-order chi connectivity index (χ0) is 16.5. The van der Waals surface area contributed by atoms with Crippen molar-refractivity contribution in [3.63, 3.8) is 0 Å². The van der Waals surface area contributed by atoms with Crippen molar-refractivity contribution >= 4 is 34.2 Å². The van der Waals surface area contributed by atoms with Gasteiger partial charge in [0.05, 0.1) is 23.3 Å². The second-order valence-corrected chi connectivity index (χ2v) is 5.86. The second-order valence-electron chi connectivity index (χ2n) is 5.86. The summed E-state index contributed by atoms with van der Waals surface area (Å²) < 4.78 is 0. The van der Waals surface area contributed by atoms with Crippen LogP contribution in [0, 0.1) is 5.92 Å². The van der Waals surface area contributed by atoms with Gasteiger partial charge in [-0.3, -0.25) is 9.59 Å². The van der Waals surface area contributed by atoms with Crippen LogP contribution in [0.15, 0.2) is 54.9 Å². The van der Waals surface area contributed by atoms with Gasteiger partial charge >= 0.3 is 0 Å². The maximum Gasteiger partial charge on any atom is 0.229 e. The highest BCUT2D eigenvalue weighted by Crippen LogP contribution is 2.26. The highest BCUT2D eigenvalue weighted by Gasteiger charge is 2.35. The van der Waals surface area contributed by atoms with E-state index in [0.717, 1.165) is 16.7 Å². The molecule has 120 valence electrons. The molecule has 1 unspecified atom stereocenters. The number of carbonyl (C=O) groups excluding carboxylic acids is 2. The number of carbonyl (C=O) groups is 2. The quantitative estimate of drug-likeness (QED) is 0.778. The molecule has 2 heterocycles. The van der Waals surface area contributed by atoms with E-state index in [2.05, 4.69) is 15.3 Å². The predicted octanol–water partition coefficient (Wildman–Crippen LogP) is 2.55. The van der Waals surface area contributed by atoms with Crippen molar-refractivity contribution in [2.24, 2.45) is 5.92 Å². The molecule has 1 fully saturated rings. The molecule has 1 aliphatic rings. The molecule has 0 spiro atoms. The molecule has 1 aromatic heterocycles. The lowest BCUT2D eigenvalue weighted by Gasteiger charge is -2.16. The normalized spacial score (nSPS) is 17.4. The van der Waals surface area contributed by atoms with E-state index in [9.17, 15) is 9.59 Å². The van der Waals surface area contributed by atoms with Crippen LogP contribution in [-0.2, 0) is 9.59 Å². The SMILES string of the molecule is O=C(Nc1ccc2nc[nH]c2c1)C1CC(=O)N(c2ccccc2)C1. The third-order valence-electron chi connectivity index (χ3n) is 4.25. The molecule has 2 N–H and O–H groups in total. The van der Waals surface area contributed by atoms with Crippen LogP contribution in [0.4, 0.5) is 11.4 Å². The number of anilines is 2. The van der Waals surface area contributed by atoms with Crippen molar-refractivity contribution in [1.82, 2.24) is 9.97 Å². The first-order valence-corrected chi connectivity index (χ1v) is 7.80. The van der Waals surface area contributed by atoms with Crippen LogP contribution >= 0.6 is 0 Å². The number of fused-ring (bicyclic) bond motifs is 1. The fourth-order valence-electron chi connectivity index (χ4n) is 3.00. The minimum Gasteiger partial charge on any atom is -0.345 e. The van der Waals surface area contributed by atoms with Gasteiger partial charge in [0.1, 0.15) is 0 Å². The molecular weight excluding hydrogens is 304 g/mol. The summed E-state index contributed by atoms with van der Waals surface area (Å²) in [7, 11) is 0. The largest absolute Gasteiger partial charge is 0.345 e. The van der Waals surface area contributed by atoms with Gasteiger partial charge in [-0.25, -0.2) is 4.98 Å². The van der Waals surface area contributed by atoms with Crippen LogP contribution in [0.3, 0.4) is 0 Å². The lowest BCUT2D eigenvalue weighted by atomic mass is 10.1. The summed E-state index contributed by atoms with van der Waals surface area (Å²) in [5, 5.41) is 2.89. The number of nitrogens with one attached hydrogen (secondary N) is 2. The van der Waals surface area contributed by atoms with E-state index in [4.69, 9.17) is 0 Å².